The second kappa shape index (κ2) is 14.0. The van der Waals surface area contributed by atoms with E-state index < -0.39 is 24.3 Å². The van der Waals surface area contributed by atoms with E-state index in [1.807, 2.05) is 36.4 Å². The number of anilines is 1. The van der Waals surface area contributed by atoms with Gasteiger partial charge in [-0.15, -0.1) is 5.10 Å². The Balaban J connectivity index is 1.34. The number of nitrogens with zero attached hydrogens (tertiary/aromatic N) is 4. The Kier molecular flexibility index (Phi) is 9.90. The van der Waals surface area contributed by atoms with Gasteiger partial charge in [0.15, 0.2) is 12.4 Å². The van der Waals surface area contributed by atoms with Crippen LogP contribution in [0.15, 0.2) is 78.0 Å². The summed E-state index contributed by atoms with van der Waals surface area (Å²) >= 11 is 1.45. The molecule has 230 valence electrons. The molecule has 44 heavy (non-hydrogen) atoms. The molecular weight excluding hydrogens is 586 g/mol. The van der Waals surface area contributed by atoms with E-state index in [0.717, 1.165) is 16.7 Å². The van der Waals surface area contributed by atoms with Crippen LogP contribution in [-0.4, -0.2) is 60.3 Å². The summed E-state index contributed by atoms with van der Waals surface area (Å²) in [4.78, 5) is 23.6. The Morgan fingerprint density at radius 3 is 2.36 bits per heavy atom. The molecule has 1 saturated heterocycles. The average Bonchev–Trinajstić information content (AvgIpc) is 3.49. The molecular formula is C31H33N5O7S. The molecule has 3 aromatic carbocycles. The first-order valence-corrected chi connectivity index (χ1v) is 15.0. The second-order valence-corrected chi connectivity index (χ2v) is 11.4. The number of phenols is 1. The number of rotatable bonds is 10. The maximum atomic E-state index is 12.4. The molecule has 1 fully saturated rings. The molecule has 4 aromatic rings. The maximum Gasteiger partial charge on any atom is 0.303 e. The van der Waals surface area contributed by atoms with Gasteiger partial charge in [0, 0.05) is 29.8 Å². The Labute approximate surface area is 258 Å². The van der Waals surface area contributed by atoms with Crippen LogP contribution < -0.4 is 5.32 Å². The number of aliphatic hydroxyl groups excluding tert-OH is 1. The van der Waals surface area contributed by atoms with Gasteiger partial charge < -0.3 is 29.7 Å². The van der Waals surface area contributed by atoms with E-state index >= 15 is 0 Å². The minimum atomic E-state index is -0.926. The van der Waals surface area contributed by atoms with Gasteiger partial charge in [-0.3, -0.25) is 9.59 Å². The van der Waals surface area contributed by atoms with Gasteiger partial charge >= 0.3 is 5.97 Å². The summed E-state index contributed by atoms with van der Waals surface area (Å²) in [5.41, 5.74) is 3.76. The first-order chi connectivity index (χ1) is 21.2. The van der Waals surface area contributed by atoms with Gasteiger partial charge in [0.25, 0.3) is 5.91 Å². The third-order valence-corrected chi connectivity index (χ3v) is 8.21. The fraction of sp³-hybridized carbons (Fsp3) is 0.323. The van der Waals surface area contributed by atoms with Crippen molar-refractivity contribution >= 4 is 29.3 Å². The zero-order valence-corrected chi connectivity index (χ0v) is 25.2. The Hall–Kier alpha value is -4.30. The smallest absolute Gasteiger partial charge is 0.303 e. The Morgan fingerprint density at radius 2 is 1.70 bits per heavy atom. The van der Waals surface area contributed by atoms with Crippen LogP contribution in [0.25, 0.3) is 5.69 Å². The molecule has 13 heteroatoms. The van der Waals surface area contributed by atoms with Crippen molar-refractivity contribution in [2.24, 2.45) is 5.92 Å². The highest BCUT2D eigenvalue weighted by atomic mass is 32.2. The summed E-state index contributed by atoms with van der Waals surface area (Å²) in [5, 5.41) is 34.6. The highest BCUT2D eigenvalue weighted by Crippen LogP contribution is 2.43. The van der Waals surface area contributed by atoms with Crippen LogP contribution in [-0.2, 0) is 30.4 Å². The van der Waals surface area contributed by atoms with Gasteiger partial charge in [0.2, 0.25) is 5.16 Å². The predicted molar refractivity (Wildman–Crippen MR) is 161 cm³/mol. The molecule has 2 heterocycles. The number of hydrogen-bond acceptors (Lipinski definition) is 11. The highest BCUT2D eigenvalue weighted by Gasteiger charge is 2.38. The fourth-order valence-electron chi connectivity index (χ4n) is 4.76. The van der Waals surface area contributed by atoms with Gasteiger partial charge in [-0.25, -0.2) is 0 Å². The van der Waals surface area contributed by atoms with Gasteiger partial charge in [-0.2, -0.15) is 4.68 Å². The normalized spacial score (nSPS) is 20.5. The largest absolute Gasteiger partial charge is 0.508 e. The van der Waals surface area contributed by atoms with E-state index in [1.165, 1.54) is 25.6 Å². The molecule has 5 unspecified atom stereocenters. The van der Waals surface area contributed by atoms with Crippen molar-refractivity contribution in [1.29, 1.82) is 0 Å². The number of thioether (sulfide) groups is 1. The lowest BCUT2D eigenvalue weighted by Crippen LogP contribution is -2.38. The average molecular weight is 620 g/mol. The fourth-order valence-corrected chi connectivity index (χ4v) is 5.82. The van der Waals surface area contributed by atoms with Crippen LogP contribution >= 0.6 is 11.8 Å². The molecule has 0 spiro atoms. The standard InChI is InChI=1S/C31H33N5O7S/c1-18-27(17-44-31-33-34-35-36(31)25-12-14-26(39)15-13-25)42-30(43-28(18)22-6-4-21(16-37)5-7-22)23-8-10-24(11-9-23)32-29(40)19(2)41-20(3)38/h4-15,18-19,27-28,30,37,39H,16-17H2,1-3H3,(H,32,40). The van der Waals surface area contributed by atoms with Crippen LogP contribution in [0.1, 0.15) is 49.9 Å². The molecule has 1 amide bonds. The number of tetrazole rings is 1. The number of aromatic nitrogens is 4. The monoisotopic (exact) mass is 619 g/mol. The number of nitrogens with one attached hydrogen (secondary N) is 1. The van der Waals surface area contributed by atoms with Crippen LogP contribution in [0.3, 0.4) is 0 Å². The summed E-state index contributed by atoms with van der Waals surface area (Å²) in [6.07, 6.45) is -2.22. The third-order valence-electron chi connectivity index (χ3n) is 7.20. The van der Waals surface area contributed by atoms with E-state index in [4.69, 9.17) is 14.2 Å². The Bertz CT molecular complexity index is 1560. The van der Waals surface area contributed by atoms with Crippen molar-refractivity contribution in [3.63, 3.8) is 0 Å². The zero-order chi connectivity index (χ0) is 31.2. The minimum Gasteiger partial charge on any atom is -0.508 e. The van der Waals surface area contributed by atoms with Crippen LogP contribution in [0.2, 0.25) is 0 Å². The molecule has 1 aliphatic rings. The third kappa shape index (κ3) is 7.42. The van der Waals surface area contributed by atoms with Crippen molar-refractivity contribution in [2.45, 2.75) is 57.1 Å². The summed E-state index contributed by atoms with van der Waals surface area (Å²) in [7, 11) is 0. The van der Waals surface area contributed by atoms with Crippen LogP contribution in [0, 0.1) is 5.92 Å². The van der Waals surface area contributed by atoms with E-state index in [0.29, 0.717) is 22.3 Å². The number of ether oxygens (including phenoxy) is 3. The van der Waals surface area contributed by atoms with Crippen molar-refractivity contribution in [1.82, 2.24) is 20.2 Å². The van der Waals surface area contributed by atoms with Crippen molar-refractivity contribution < 1.29 is 34.0 Å². The summed E-state index contributed by atoms with van der Waals surface area (Å²) in [6.45, 7) is 4.77. The molecule has 0 saturated carbocycles. The number of carbonyl (C=O) groups excluding carboxylic acids is 2. The van der Waals surface area contributed by atoms with Crippen LogP contribution in [0.4, 0.5) is 5.69 Å². The molecule has 0 bridgehead atoms. The molecule has 1 aliphatic heterocycles. The molecule has 1 aromatic heterocycles. The Morgan fingerprint density at radius 1 is 1.02 bits per heavy atom. The van der Waals surface area contributed by atoms with Crippen LogP contribution in [0.5, 0.6) is 5.75 Å². The zero-order valence-electron chi connectivity index (χ0n) is 24.4. The predicted octanol–water partition coefficient (Wildman–Crippen LogP) is 4.33. The number of aliphatic hydroxyl groups is 1. The maximum absolute atomic E-state index is 12.4. The van der Waals surface area contributed by atoms with Crippen molar-refractivity contribution in [2.75, 3.05) is 11.1 Å². The van der Waals surface area contributed by atoms with E-state index in [1.54, 1.807) is 41.1 Å². The number of amides is 1. The number of aromatic hydroxyl groups is 1. The molecule has 12 nitrogen and oxygen atoms in total. The molecule has 3 N–H and O–H groups in total. The number of carbonyl (C=O) groups is 2. The summed E-state index contributed by atoms with van der Waals surface area (Å²) < 4.78 is 19.6. The topological polar surface area (TPSA) is 158 Å². The van der Waals surface area contributed by atoms with Gasteiger partial charge in [0.1, 0.15) is 5.75 Å². The van der Waals surface area contributed by atoms with Crippen molar-refractivity contribution in [3.05, 3.63) is 89.5 Å². The van der Waals surface area contributed by atoms with Gasteiger partial charge in [-0.05, 0) is 64.9 Å². The van der Waals surface area contributed by atoms with E-state index in [-0.39, 0.29) is 30.5 Å². The second-order valence-electron chi connectivity index (χ2n) is 10.4. The highest BCUT2D eigenvalue weighted by molar-refractivity contribution is 7.99. The molecule has 5 rings (SSSR count). The number of esters is 1. The quantitative estimate of drug-likeness (QED) is 0.171. The van der Waals surface area contributed by atoms with Gasteiger partial charge in [-0.1, -0.05) is 55.1 Å². The first kappa shape index (κ1) is 31.1. The summed E-state index contributed by atoms with van der Waals surface area (Å²) in [5.74, 6) is -0.360. The van der Waals surface area contributed by atoms with Gasteiger partial charge in [0.05, 0.1) is 24.5 Å². The molecule has 5 atom stereocenters. The SMILES string of the molecule is CC(=O)OC(C)C(=O)Nc1ccc(C2OC(CSc3nnnn3-c3ccc(O)cc3)C(C)C(c3ccc(CO)cc3)O2)cc1. The number of phenolic OH excluding ortho intramolecular Hbond substituents is 1. The lowest BCUT2D eigenvalue weighted by Gasteiger charge is -2.41. The summed E-state index contributed by atoms with van der Waals surface area (Å²) in [6, 6.07) is 21.4. The lowest BCUT2D eigenvalue weighted by molar-refractivity contribution is -0.268. The number of hydrogen-bond donors (Lipinski definition) is 3. The minimum absolute atomic E-state index is 0.0509. The van der Waals surface area contributed by atoms with Crippen molar-refractivity contribution in [3.8, 4) is 11.4 Å². The van der Waals surface area contributed by atoms with E-state index in [2.05, 4.69) is 27.8 Å². The number of benzene rings is 3. The molecule has 0 radical (unpaired) electrons. The van der Waals surface area contributed by atoms with E-state index in [9.17, 15) is 19.8 Å². The lowest BCUT2D eigenvalue weighted by atomic mass is 9.91. The first-order valence-electron chi connectivity index (χ1n) is 14.0. The molecule has 0 aliphatic carbocycles.